The van der Waals surface area contributed by atoms with Gasteiger partial charge in [0.15, 0.2) is 5.69 Å². The van der Waals surface area contributed by atoms with E-state index in [1.807, 2.05) is 24.3 Å². The second kappa shape index (κ2) is 6.66. The van der Waals surface area contributed by atoms with Crippen LogP contribution in [0.2, 0.25) is 5.02 Å². The monoisotopic (exact) mass is 408 g/mol. The minimum atomic E-state index is -0.108. The van der Waals surface area contributed by atoms with Gasteiger partial charge in [-0.3, -0.25) is 0 Å². The minimum absolute atomic E-state index is 0.108. The number of nitrogens with zero attached hydrogens (tertiary/aromatic N) is 2. The van der Waals surface area contributed by atoms with Gasteiger partial charge >= 0.3 is 0 Å². The quantitative estimate of drug-likeness (QED) is 0.371. The van der Waals surface area contributed by atoms with Gasteiger partial charge < -0.3 is 15.4 Å². The van der Waals surface area contributed by atoms with E-state index < -0.39 is 0 Å². The number of benzene rings is 2. The molecule has 0 bridgehead atoms. The largest absolute Gasteiger partial charge is 0.493 e. The van der Waals surface area contributed by atoms with Gasteiger partial charge in [0.2, 0.25) is 11.0 Å². The number of para-hydroxylation sites is 1. The molecular weight excluding hydrogens is 400 g/mol. The van der Waals surface area contributed by atoms with E-state index in [1.54, 1.807) is 18.2 Å². The number of nitrogens with one attached hydrogen (secondary N) is 2. The van der Waals surface area contributed by atoms with Crippen molar-refractivity contribution < 1.29 is 5.11 Å². The number of anilines is 1. The molecule has 3 N–H and O–H groups in total. The van der Waals surface area contributed by atoms with Gasteiger partial charge in [-0.05, 0) is 42.5 Å². The lowest BCUT2D eigenvalue weighted by Gasteiger charge is -2.02. The van der Waals surface area contributed by atoms with E-state index in [-0.39, 0.29) is 11.0 Å². The Hall–Kier alpha value is -1.96. The zero-order valence-electron chi connectivity index (χ0n) is 11.5. The third-order valence-electron chi connectivity index (χ3n) is 3.07. The number of fused-ring (bicyclic) bond motifs is 1. The maximum atomic E-state index is 9.96. The molecule has 3 aromatic rings. The number of aromatic hydroxyl groups is 1. The van der Waals surface area contributed by atoms with Gasteiger partial charge in [-0.15, -0.1) is 10.2 Å². The molecular formula is C15H10BrClN4OS. The highest BCUT2D eigenvalue weighted by molar-refractivity contribution is 9.10. The van der Waals surface area contributed by atoms with Crippen LogP contribution in [0.4, 0.5) is 11.4 Å². The lowest BCUT2D eigenvalue weighted by molar-refractivity contribution is 0.459. The molecule has 5 nitrogen and oxygen atoms in total. The molecule has 0 saturated heterocycles. The van der Waals surface area contributed by atoms with E-state index >= 15 is 0 Å². The van der Waals surface area contributed by atoms with Crippen molar-refractivity contribution >= 4 is 67.1 Å². The van der Waals surface area contributed by atoms with Crippen molar-refractivity contribution in [2.45, 2.75) is 0 Å². The Balaban J connectivity index is 1.82. The molecule has 1 heterocycles. The molecule has 0 radical (unpaired) electrons. The molecule has 0 atom stereocenters. The predicted octanol–water partition coefficient (Wildman–Crippen LogP) is 5.77. The topological polar surface area (TPSA) is 72.8 Å². The van der Waals surface area contributed by atoms with Crippen molar-refractivity contribution in [3.05, 3.63) is 52.0 Å². The van der Waals surface area contributed by atoms with Crippen LogP contribution >= 0.6 is 39.7 Å². The Morgan fingerprint density at radius 3 is 2.70 bits per heavy atom. The molecule has 0 amide bonds. The lowest BCUT2D eigenvalue weighted by atomic mass is 10.2. The van der Waals surface area contributed by atoms with Crippen molar-refractivity contribution in [1.29, 1.82) is 0 Å². The van der Waals surface area contributed by atoms with Crippen LogP contribution in [0, 0.1) is 0 Å². The third kappa shape index (κ3) is 3.52. The molecule has 1 aromatic heterocycles. The van der Waals surface area contributed by atoms with Gasteiger partial charge in [-0.2, -0.15) is 0 Å². The molecule has 0 unspecified atom stereocenters. The van der Waals surface area contributed by atoms with E-state index in [4.69, 9.17) is 23.8 Å². The summed E-state index contributed by atoms with van der Waals surface area (Å²) in [7, 11) is 0. The van der Waals surface area contributed by atoms with E-state index in [2.05, 4.69) is 36.5 Å². The standard InChI is InChI=1S/C15H10BrClN4OS/c16-8-4-6-9(7-5-8)18-15(23)21-20-13-10-2-1-3-11(17)12(10)19-14(13)22/h1-7,19,22H,(H,18,23). The molecule has 23 heavy (non-hydrogen) atoms. The first-order valence-corrected chi connectivity index (χ1v) is 8.10. The molecule has 0 aliphatic rings. The summed E-state index contributed by atoms with van der Waals surface area (Å²) in [6.07, 6.45) is 0. The predicted molar refractivity (Wildman–Crippen MR) is 99.9 cm³/mol. The average molecular weight is 410 g/mol. The first-order chi connectivity index (χ1) is 11.0. The van der Waals surface area contributed by atoms with Crippen LogP contribution in [0.3, 0.4) is 0 Å². The number of H-pyrrole nitrogens is 1. The number of hydrogen-bond acceptors (Lipinski definition) is 3. The van der Waals surface area contributed by atoms with Gasteiger partial charge in [-0.1, -0.05) is 39.7 Å². The van der Waals surface area contributed by atoms with E-state index in [1.165, 1.54) is 0 Å². The Kier molecular flexibility index (Phi) is 4.61. The molecule has 3 rings (SSSR count). The summed E-state index contributed by atoms with van der Waals surface area (Å²) in [5, 5.41) is 22.2. The van der Waals surface area contributed by atoms with Crippen LogP contribution < -0.4 is 5.32 Å². The summed E-state index contributed by atoms with van der Waals surface area (Å²) in [5.74, 6) is -0.108. The van der Waals surface area contributed by atoms with Crippen molar-refractivity contribution in [2.24, 2.45) is 10.2 Å². The fourth-order valence-electron chi connectivity index (χ4n) is 2.03. The number of aromatic amines is 1. The molecule has 0 fully saturated rings. The molecule has 2 aromatic carbocycles. The third-order valence-corrected chi connectivity index (χ3v) is 4.10. The van der Waals surface area contributed by atoms with E-state index in [0.717, 1.165) is 10.2 Å². The van der Waals surface area contributed by atoms with Crippen LogP contribution in [0.1, 0.15) is 0 Å². The van der Waals surface area contributed by atoms with Gasteiger partial charge in [0.25, 0.3) is 0 Å². The van der Waals surface area contributed by atoms with Crippen molar-refractivity contribution in [1.82, 2.24) is 4.98 Å². The molecule has 116 valence electrons. The lowest BCUT2D eigenvalue weighted by Crippen LogP contribution is -2.04. The summed E-state index contributed by atoms with van der Waals surface area (Å²) >= 11 is 14.6. The Labute approximate surface area is 150 Å². The van der Waals surface area contributed by atoms with Gasteiger partial charge in [0.1, 0.15) is 0 Å². The van der Waals surface area contributed by atoms with Crippen LogP contribution in [-0.4, -0.2) is 15.2 Å². The number of aromatic nitrogens is 1. The molecule has 0 spiro atoms. The van der Waals surface area contributed by atoms with Gasteiger partial charge in [0.05, 0.1) is 10.5 Å². The Morgan fingerprint density at radius 1 is 1.22 bits per heavy atom. The second-order valence-electron chi connectivity index (χ2n) is 4.62. The molecule has 0 aliphatic carbocycles. The summed E-state index contributed by atoms with van der Waals surface area (Å²) in [4.78, 5) is 2.78. The summed E-state index contributed by atoms with van der Waals surface area (Å²) in [5.41, 5.74) is 1.69. The van der Waals surface area contributed by atoms with Crippen molar-refractivity contribution in [3.63, 3.8) is 0 Å². The fourth-order valence-corrected chi connectivity index (χ4v) is 2.68. The number of hydrogen-bond donors (Lipinski definition) is 3. The van der Waals surface area contributed by atoms with Crippen LogP contribution in [0.15, 0.2) is 57.2 Å². The van der Waals surface area contributed by atoms with E-state index in [9.17, 15) is 5.11 Å². The summed E-state index contributed by atoms with van der Waals surface area (Å²) < 4.78 is 0.969. The number of thiocarbonyl (C=S) groups is 1. The van der Waals surface area contributed by atoms with Crippen LogP contribution in [0.25, 0.3) is 10.9 Å². The van der Waals surface area contributed by atoms with E-state index in [0.29, 0.717) is 21.6 Å². The van der Waals surface area contributed by atoms with Gasteiger partial charge in [0, 0.05) is 15.5 Å². The average Bonchev–Trinajstić information content (AvgIpc) is 2.85. The highest BCUT2D eigenvalue weighted by Crippen LogP contribution is 2.38. The molecule has 8 heteroatoms. The number of azo groups is 1. The smallest absolute Gasteiger partial charge is 0.218 e. The summed E-state index contributed by atoms with van der Waals surface area (Å²) in [6, 6.07) is 12.8. The first kappa shape index (κ1) is 15.9. The zero-order valence-corrected chi connectivity index (χ0v) is 14.7. The second-order valence-corrected chi connectivity index (χ2v) is 6.33. The van der Waals surface area contributed by atoms with Crippen molar-refractivity contribution in [3.8, 4) is 5.88 Å². The Bertz CT molecular complexity index is 908. The number of rotatable bonds is 2. The SMILES string of the molecule is Oc1[nH]c2c(Cl)cccc2c1N=NC(=S)Nc1ccc(Br)cc1. The maximum Gasteiger partial charge on any atom is 0.218 e. The summed E-state index contributed by atoms with van der Waals surface area (Å²) in [6.45, 7) is 0. The van der Waals surface area contributed by atoms with Crippen LogP contribution in [0.5, 0.6) is 5.88 Å². The normalized spacial score (nSPS) is 11.2. The van der Waals surface area contributed by atoms with Crippen molar-refractivity contribution in [2.75, 3.05) is 5.32 Å². The highest BCUT2D eigenvalue weighted by atomic mass is 79.9. The van der Waals surface area contributed by atoms with Gasteiger partial charge in [-0.25, -0.2) is 0 Å². The molecule has 0 aliphatic heterocycles. The van der Waals surface area contributed by atoms with Crippen LogP contribution in [-0.2, 0) is 0 Å². The minimum Gasteiger partial charge on any atom is -0.493 e. The number of halogens is 2. The zero-order chi connectivity index (χ0) is 16.4. The fraction of sp³-hybridized carbons (Fsp3) is 0. The Morgan fingerprint density at radius 2 is 1.96 bits per heavy atom. The first-order valence-electron chi connectivity index (χ1n) is 6.52. The highest BCUT2D eigenvalue weighted by Gasteiger charge is 2.12. The molecule has 0 saturated carbocycles. The maximum absolute atomic E-state index is 9.96.